The summed E-state index contributed by atoms with van der Waals surface area (Å²) in [6, 6.07) is 3.77. The molecule has 3 aliphatic rings. The highest BCUT2D eigenvalue weighted by Crippen LogP contribution is 2.41. The summed E-state index contributed by atoms with van der Waals surface area (Å²) in [6.45, 7) is 1.43. The van der Waals surface area contributed by atoms with Crippen molar-refractivity contribution in [1.82, 2.24) is 9.88 Å². The van der Waals surface area contributed by atoms with Gasteiger partial charge in [0.15, 0.2) is 0 Å². The first-order valence-corrected chi connectivity index (χ1v) is 8.71. The molecule has 1 spiro atoms. The topological polar surface area (TPSA) is 53.5 Å². The highest BCUT2D eigenvalue weighted by molar-refractivity contribution is 5.97. The van der Waals surface area contributed by atoms with Gasteiger partial charge in [-0.25, -0.2) is 0 Å². The predicted octanol–water partition coefficient (Wildman–Crippen LogP) is 2.37. The summed E-state index contributed by atoms with van der Waals surface area (Å²) < 4.78 is 0. The van der Waals surface area contributed by atoms with E-state index < -0.39 is 0 Å². The predicted molar refractivity (Wildman–Crippen MR) is 86.8 cm³/mol. The van der Waals surface area contributed by atoms with Crippen molar-refractivity contribution < 1.29 is 9.59 Å². The molecule has 2 saturated heterocycles. The Hall–Kier alpha value is -1.91. The van der Waals surface area contributed by atoms with Crippen LogP contribution in [0, 0.1) is 5.92 Å². The third-order valence-electron chi connectivity index (χ3n) is 5.76. The third kappa shape index (κ3) is 2.42. The smallest absolute Gasteiger partial charge is 0.229 e. The van der Waals surface area contributed by atoms with Crippen LogP contribution in [0.5, 0.6) is 0 Å². The number of hydrogen-bond acceptors (Lipinski definition) is 3. The summed E-state index contributed by atoms with van der Waals surface area (Å²) in [5.41, 5.74) is 0.550. The van der Waals surface area contributed by atoms with E-state index in [1.165, 1.54) is 0 Å². The normalized spacial score (nSPS) is 28.3. The number of anilines is 1. The van der Waals surface area contributed by atoms with E-state index in [-0.39, 0.29) is 23.3 Å². The number of hydrogen-bond donors (Lipinski definition) is 0. The minimum Gasteiger partial charge on any atom is -0.334 e. The van der Waals surface area contributed by atoms with Crippen molar-refractivity contribution in [2.24, 2.45) is 5.92 Å². The number of amides is 2. The van der Waals surface area contributed by atoms with Crippen molar-refractivity contribution in [2.75, 3.05) is 18.0 Å². The molecule has 1 atom stereocenters. The van der Waals surface area contributed by atoms with Gasteiger partial charge in [0.2, 0.25) is 11.8 Å². The molecule has 1 aromatic heterocycles. The molecular weight excluding hydrogens is 290 g/mol. The molecule has 1 saturated carbocycles. The quantitative estimate of drug-likeness (QED) is 0.842. The fourth-order valence-electron chi connectivity index (χ4n) is 4.23. The standard InChI is InChI=1S/C18H23N3O2/c22-16-11-18(13-20(16)15-7-4-9-19-12-15)8-1-2-10-21(18)17(23)14-5-3-6-14/h4,7,9,12,14H,1-3,5-6,8,10-11,13H2/t18-/m1/s1. The minimum absolute atomic E-state index is 0.117. The Balaban J connectivity index is 1.60. The molecule has 3 heterocycles. The Bertz CT molecular complexity index is 614. The number of aromatic nitrogens is 1. The van der Waals surface area contributed by atoms with Crippen molar-refractivity contribution >= 4 is 17.5 Å². The van der Waals surface area contributed by atoms with Crippen LogP contribution in [0.2, 0.25) is 0 Å². The Morgan fingerprint density at radius 2 is 2.13 bits per heavy atom. The van der Waals surface area contributed by atoms with Gasteiger partial charge in [-0.1, -0.05) is 6.42 Å². The summed E-state index contributed by atoms with van der Waals surface area (Å²) in [6.07, 6.45) is 10.2. The fraction of sp³-hybridized carbons (Fsp3) is 0.611. The van der Waals surface area contributed by atoms with Gasteiger partial charge in [0.05, 0.1) is 23.8 Å². The number of pyridine rings is 1. The molecule has 0 radical (unpaired) electrons. The van der Waals surface area contributed by atoms with Gasteiger partial charge in [-0.15, -0.1) is 0 Å². The Labute approximate surface area is 136 Å². The molecule has 23 heavy (non-hydrogen) atoms. The average Bonchev–Trinajstić information content (AvgIpc) is 2.83. The van der Waals surface area contributed by atoms with Crippen molar-refractivity contribution in [2.45, 2.75) is 50.5 Å². The molecule has 4 rings (SSSR count). The summed E-state index contributed by atoms with van der Waals surface area (Å²) in [7, 11) is 0. The SMILES string of the molecule is O=C1C[C@]2(CCCCN2C(=O)C2CCC2)CN1c1cccnc1. The number of carbonyl (C=O) groups is 2. The first kappa shape index (κ1) is 14.7. The lowest BCUT2D eigenvalue weighted by Crippen LogP contribution is -2.58. The van der Waals surface area contributed by atoms with E-state index in [0.29, 0.717) is 13.0 Å². The molecule has 2 aliphatic heterocycles. The van der Waals surface area contributed by atoms with Crippen molar-refractivity contribution in [3.8, 4) is 0 Å². The summed E-state index contributed by atoms with van der Waals surface area (Å²) in [5, 5.41) is 0. The highest BCUT2D eigenvalue weighted by Gasteiger charge is 2.51. The van der Waals surface area contributed by atoms with E-state index in [4.69, 9.17) is 0 Å². The van der Waals surface area contributed by atoms with Crippen LogP contribution in [0.1, 0.15) is 44.9 Å². The number of carbonyl (C=O) groups excluding carboxylic acids is 2. The molecule has 3 fully saturated rings. The van der Waals surface area contributed by atoms with Crippen LogP contribution in [0.3, 0.4) is 0 Å². The maximum absolute atomic E-state index is 12.9. The second kappa shape index (κ2) is 5.62. The molecule has 0 bridgehead atoms. The monoisotopic (exact) mass is 313 g/mol. The van der Waals surface area contributed by atoms with Gasteiger partial charge in [-0.2, -0.15) is 0 Å². The number of piperidine rings is 1. The molecule has 1 aromatic rings. The van der Waals surface area contributed by atoms with Gasteiger partial charge in [0.1, 0.15) is 0 Å². The summed E-state index contributed by atoms with van der Waals surface area (Å²) in [4.78, 5) is 33.5. The molecule has 0 N–H and O–H groups in total. The Kier molecular flexibility index (Phi) is 3.58. The van der Waals surface area contributed by atoms with Crippen LogP contribution in [0.25, 0.3) is 0 Å². The molecule has 122 valence electrons. The molecule has 2 amide bonds. The average molecular weight is 313 g/mol. The number of likely N-dealkylation sites (tertiary alicyclic amines) is 1. The van der Waals surface area contributed by atoms with E-state index >= 15 is 0 Å². The molecule has 0 aromatic carbocycles. The van der Waals surface area contributed by atoms with Crippen LogP contribution in [-0.4, -0.2) is 40.3 Å². The van der Waals surface area contributed by atoms with Crippen molar-refractivity contribution in [3.05, 3.63) is 24.5 Å². The zero-order valence-corrected chi connectivity index (χ0v) is 13.4. The van der Waals surface area contributed by atoms with Gasteiger partial charge in [0, 0.05) is 25.2 Å². The lowest BCUT2D eigenvalue weighted by atomic mass is 9.80. The van der Waals surface area contributed by atoms with E-state index in [2.05, 4.69) is 9.88 Å². The maximum Gasteiger partial charge on any atom is 0.229 e. The molecule has 5 heteroatoms. The van der Waals surface area contributed by atoms with Gasteiger partial charge in [0.25, 0.3) is 0 Å². The largest absolute Gasteiger partial charge is 0.334 e. The lowest BCUT2D eigenvalue weighted by Gasteiger charge is -2.46. The second-order valence-corrected chi connectivity index (χ2v) is 7.17. The van der Waals surface area contributed by atoms with Crippen LogP contribution in [0.4, 0.5) is 5.69 Å². The van der Waals surface area contributed by atoms with Crippen LogP contribution < -0.4 is 4.90 Å². The molecule has 5 nitrogen and oxygen atoms in total. The maximum atomic E-state index is 12.9. The van der Waals surface area contributed by atoms with E-state index in [1.807, 2.05) is 17.0 Å². The van der Waals surface area contributed by atoms with Crippen molar-refractivity contribution in [1.29, 1.82) is 0 Å². The summed E-state index contributed by atoms with van der Waals surface area (Å²) >= 11 is 0. The van der Waals surface area contributed by atoms with Crippen LogP contribution >= 0.6 is 0 Å². The number of nitrogens with zero attached hydrogens (tertiary/aromatic N) is 3. The molecular formula is C18H23N3O2. The van der Waals surface area contributed by atoms with Crippen molar-refractivity contribution in [3.63, 3.8) is 0 Å². The Morgan fingerprint density at radius 1 is 1.26 bits per heavy atom. The zero-order valence-electron chi connectivity index (χ0n) is 13.4. The second-order valence-electron chi connectivity index (χ2n) is 7.17. The van der Waals surface area contributed by atoms with E-state index in [1.54, 1.807) is 12.4 Å². The van der Waals surface area contributed by atoms with E-state index in [0.717, 1.165) is 50.8 Å². The highest BCUT2D eigenvalue weighted by atomic mass is 16.2. The number of rotatable bonds is 2. The van der Waals surface area contributed by atoms with E-state index in [9.17, 15) is 9.59 Å². The zero-order chi connectivity index (χ0) is 15.9. The molecule has 1 aliphatic carbocycles. The summed E-state index contributed by atoms with van der Waals surface area (Å²) in [5.74, 6) is 0.607. The van der Waals surface area contributed by atoms with Gasteiger partial charge in [-0.05, 0) is 44.2 Å². The molecule has 0 unspecified atom stereocenters. The van der Waals surface area contributed by atoms with Crippen LogP contribution in [-0.2, 0) is 9.59 Å². The minimum atomic E-state index is -0.294. The first-order valence-electron chi connectivity index (χ1n) is 8.71. The first-order chi connectivity index (χ1) is 11.2. The van der Waals surface area contributed by atoms with Gasteiger partial charge in [-0.3, -0.25) is 14.6 Å². The lowest BCUT2D eigenvalue weighted by molar-refractivity contribution is -0.146. The van der Waals surface area contributed by atoms with Gasteiger partial charge < -0.3 is 9.80 Å². The van der Waals surface area contributed by atoms with Gasteiger partial charge >= 0.3 is 0 Å². The fourth-order valence-corrected chi connectivity index (χ4v) is 4.23. The Morgan fingerprint density at radius 3 is 2.83 bits per heavy atom. The van der Waals surface area contributed by atoms with Crippen LogP contribution in [0.15, 0.2) is 24.5 Å². The third-order valence-corrected chi connectivity index (χ3v) is 5.76.